The lowest BCUT2D eigenvalue weighted by molar-refractivity contribution is 0.336. The molecule has 1 aromatic carbocycles. The third kappa shape index (κ3) is 2.51. The molecule has 82 valence electrons. The predicted octanol–water partition coefficient (Wildman–Crippen LogP) is 2.25. The zero-order valence-corrected chi connectivity index (χ0v) is 9.21. The van der Waals surface area contributed by atoms with Crippen LogP contribution in [0.5, 0.6) is 5.75 Å². The highest BCUT2D eigenvalue weighted by molar-refractivity contribution is 5.19. The number of hydrogen-bond acceptors (Lipinski definition) is 2. The van der Waals surface area contributed by atoms with Gasteiger partial charge in [0, 0.05) is 12.4 Å². The molecule has 1 aromatic heterocycles. The van der Waals surface area contributed by atoms with Crippen molar-refractivity contribution in [1.29, 1.82) is 0 Å². The molecule has 0 aliphatic carbocycles. The van der Waals surface area contributed by atoms with Crippen molar-refractivity contribution < 1.29 is 4.74 Å². The van der Waals surface area contributed by atoms with Gasteiger partial charge in [0.05, 0.1) is 6.61 Å². The van der Waals surface area contributed by atoms with Crippen molar-refractivity contribution in [3.8, 4) is 5.75 Å². The van der Waals surface area contributed by atoms with Crippen LogP contribution in [0.25, 0.3) is 0 Å². The molecule has 0 N–H and O–H groups in total. The Morgan fingerprint density at radius 2 is 1.81 bits per heavy atom. The number of hydrogen-bond donors (Lipinski definition) is 0. The topological polar surface area (TPSA) is 26.5 Å². The lowest BCUT2D eigenvalue weighted by Crippen LogP contribution is -2.08. The van der Waals surface area contributed by atoms with Gasteiger partial charge in [-0.25, -0.2) is 4.68 Å². The molecule has 0 radical (unpaired) electrons. The molecule has 16 heavy (non-hydrogen) atoms. The molecule has 0 fully saturated rings. The molecule has 2 aromatic rings. The Hall–Kier alpha value is -2.03. The number of aromatic nitrogens is 1. The Morgan fingerprint density at radius 1 is 1.06 bits per heavy atom. The van der Waals surface area contributed by atoms with Crippen LogP contribution in [-0.4, -0.2) is 11.3 Å². The molecular weight excluding hydrogens is 200 g/mol. The van der Waals surface area contributed by atoms with E-state index >= 15 is 0 Å². The largest absolute Gasteiger partial charge is 0.492 e. The van der Waals surface area contributed by atoms with Crippen LogP contribution in [0.3, 0.4) is 0 Å². The van der Waals surface area contributed by atoms with Gasteiger partial charge >= 0.3 is 0 Å². The van der Waals surface area contributed by atoms with Crippen molar-refractivity contribution in [2.45, 2.75) is 6.92 Å². The van der Waals surface area contributed by atoms with Crippen LogP contribution in [0.2, 0.25) is 0 Å². The molecule has 0 amide bonds. The summed E-state index contributed by atoms with van der Waals surface area (Å²) in [5.41, 5.74) is 0. The highest BCUT2D eigenvalue weighted by Crippen LogP contribution is 2.01. The zero-order chi connectivity index (χ0) is 11.2. The number of rotatable bonds is 3. The van der Waals surface area contributed by atoms with E-state index in [1.54, 1.807) is 4.68 Å². The van der Waals surface area contributed by atoms with Crippen molar-refractivity contribution in [2.75, 3.05) is 6.61 Å². The molecule has 0 atom stereocenters. The maximum absolute atomic E-state index is 5.54. The first-order valence-electron chi connectivity index (χ1n) is 5.30. The van der Waals surface area contributed by atoms with Crippen molar-refractivity contribution >= 4 is 0 Å². The third-order valence-electron chi connectivity index (χ3n) is 2.09. The van der Waals surface area contributed by atoms with Gasteiger partial charge in [0.25, 0.3) is 0 Å². The summed E-state index contributed by atoms with van der Waals surface area (Å²) in [4.78, 5) is 0. The second kappa shape index (κ2) is 5.16. The van der Waals surface area contributed by atoms with E-state index in [1.165, 1.54) is 0 Å². The van der Waals surface area contributed by atoms with E-state index in [4.69, 9.17) is 4.74 Å². The standard InChI is InChI=1S/C13H14N2O/c1-2-16-13-9-5-3-4-8-12(13)14-15-10-6-7-11-15/h3-11H,2H2,1H3. The van der Waals surface area contributed by atoms with Crippen LogP contribution in [-0.2, 0) is 0 Å². The second-order valence-corrected chi connectivity index (χ2v) is 3.26. The van der Waals surface area contributed by atoms with Gasteiger partial charge in [-0.2, -0.15) is 5.10 Å². The molecule has 0 unspecified atom stereocenters. The molecule has 0 spiro atoms. The first kappa shape index (κ1) is 10.5. The summed E-state index contributed by atoms with van der Waals surface area (Å²) in [7, 11) is 0. The maximum atomic E-state index is 5.54. The summed E-state index contributed by atoms with van der Waals surface area (Å²) < 4.78 is 7.30. The van der Waals surface area contributed by atoms with Crippen LogP contribution in [0.1, 0.15) is 6.92 Å². The van der Waals surface area contributed by atoms with E-state index in [9.17, 15) is 0 Å². The van der Waals surface area contributed by atoms with E-state index in [1.807, 2.05) is 61.8 Å². The van der Waals surface area contributed by atoms with Gasteiger partial charge in [-0.3, -0.25) is 0 Å². The first-order valence-corrected chi connectivity index (χ1v) is 5.30. The summed E-state index contributed by atoms with van der Waals surface area (Å²) in [6.07, 6.45) is 3.78. The molecule has 0 saturated heterocycles. The SMILES string of the molecule is CCOc1cccccc1=Nn1cccc1. The van der Waals surface area contributed by atoms with Crippen molar-refractivity contribution in [3.05, 3.63) is 60.2 Å². The van der Waals surface area contributed by atoms with Gasteiger partial charge in [-0.05, 0) is 31.2 Å². The van der Waals surface area contributed by atoms with Gasteiger partial charge in [0.15, 0.2) is 0 Å². The molecule has 0 saturated carbocycles. The molecule has 0 bridgehead atoms. The second-order valence-electron chi connectivity index (χ2n) is 3.26. The van der Waals surface area contributed by atoms with E-state index in [0.717, 1.165) is 11.1 Å². The third-order valence-corrected chi connectivity index (χ3v) is 2.09. The van der Waals surface area contributed by atoms with Crippen molar-refractivity contribution in [3.63, 3.8) is 0 Å². The fourth-order valence-corrected chi connectivity index (χ4v) is 1.40. The lowest BCUT2D eigenvalue weighted by Gasteiger charge is -2.00. The number of ether oxygens (including phenoxy) is 1. The van der Waals surface area contributed by atoms with Crippen LogP contribution in [0.4, 0.5) is 0 Å². The molecule has 0 aliphatic rings. The fraction of sp³-hybridized carbons (Fsp3) is 0.154. The molecule has 1 heterocycles. The van der Waals surface area contributed by atoms with Gasteiger partial charge < -0.3 is 4.74 Å². The van der Waals surface area contributed by atoms with E-state index in [-0.39, 0.29) is 0 Å². The Labute approximate surface area is 94.6 Å². The minimum Gasteiger partial charge on any atom is -0.492 e. The normalized spacial score (nSPS) is 11.4. The Morgan fingerprint density at radius 3 is 2.56 bits per heavy atom. The van der Waals surface area contributed by atoms with Gasteiger partial charge in [0.2, 0.25) is 0 Å². The lowest BCUT2D eigenvalue weighted by atomic mass is 10.4. The van der Waals surface area contributed by atoms with Gasteiger partial charge in [0.1, 0.15) is 11.1 Å². The Kier molecular flexibility index (Phi) is 3.38. The Balaban J connectivity index is 2.51. The van der Waals surface area contributed by atoms with Gasteiger partial charge in [-0.1, -0.05) is 18.2 Å². The fourth-order valence-electron chi connectivity index (χ4n) is 1.40. The molecule has 2 rings (SSSR count). The summed E-state index contributed by atoms with van der Waals surface area (Å²) in [5.74, 6) is 0.793. The monoisotopic (exact) mass is 214 g/mol. The van der Waals surface area contributed by atoms with Crippen molar-refractivity contribution in [1.82, 2.24) is 4.68 Å². The van der Waals surface area contributed by atoms with Crippen LogP contribution in [0.15, 0.2) is 60.0 Å². The molecule has 3 nitrogen and oxygen atoms in total. The molecule has 0 aliphatic heterocycles. The highest BCUT2D eigenvalue weighted by Gasteiger charge is 1.93. The molecular formula is C13H14N2O. The summed E-state index contributed by atoms with van der Waals surface area (Å²) in [6, 6.07) is 13.6. The van der Waals surface area contributed by atoms with E-state index in [0.29, 0.717) is 6.61 Å². The van der Waals surface area contributed by atoms with Crippen molar-refractivity contribution in [2.24, 2.45) is 5.10 Å². The molecule has 3 heteroatoms. The van der Waals surface area contributed by atoms with Crippen LogP contribution < -0.4 is 10.1 Å². The minimum atomic E-state index is 0.637. The summed E-state index contributed by atoms with van der Waals surface area (Å²) >= 11 is 0. The number of nitrogens with zero attached hydrogens (tertiary/aromatic N) is 2. The van der Waals surface area contributed by atoms with Crippen LogP contribution in [0, 0.1) is 0 Å². The Bertz CT molecular complexity index is 503. The summed E-state index contributed by atoms with van der Waals surface area (Å²) in [5, 5.41) is 5.27. The maximum Gasteiger partial charge on any atom is 0.146 e. The summed E-state index contributed by atoms with van der Waals surface area (Å²) in [6.45, 7) is 2.60. The first-order chi connectivity index (χ1) is 7.90. The quantitative estimate of drug-likeness (QED) is 0.769. The highest BCUT2D eigenvalue weighted by atomic mass is 16.5. The smallest absolute Gasteiger partial charge is 0.146 e. The average molecular weight is 214 g/mol. The minimum absolute atomic E-state index is 0.637. The van der Waals surface area contributed by atoms with Crippen LogP contribution >= 0.6 is 0 Å². The van der Waals surface area contributed by atoms with E-state index in [2.05, 4.69) is 5.10 Å². The van der Waals surface area contributed by atoms with Gasteiger partial charge in [-0.15, -0.1) is 0 Å². The zero-order valence-electron chi connectivity index (χ0n) is 9.21. The van der Waals surface area contributed by atoms with E-state index < -0.39 is 0 Å². The predicted molar refractivity (Wildman–Crippen MR) is 63.0 cm³/mol. The average Bonchev–Trinajstić information content (AvgIpc) is 2.69.